The number of anilines is 1. The van der Waals surface area contributed by atoms with E-state index in [9.17, 15) is 9.59 Å². The van der Waals surface area contributed by atoms with Gasteiger partial charge in [0.05, 0.1) is 20.3 Å². The molecular weight excluding hydrogens is 300 g/mol. The van der Waals surface area contributed by atoms with Crippen molar-refractivity contribution in [2.45, 2.75) is 20.3 Å². The van der Waals surface area contributed by atoms with Crippen LogP contribution in [0.2, 0.25) is 0 Å². The minimum absolute atomic E-state index is 0.201. The van der Waals surface area contributed by atoms with Crippen LogP contribution >= 0.6 is 0 Å². The summed E-state index contributed by atoms with van der Waals surface area (Å²) in [6.07, 6.45) is -0.494. The van der Waals surface area contributed by atoms with E-state index in [1.54, 1.807) is 31.4 Å². The third-order valence-electron chi connectivity index (χ3n) is 2.71. The summed E-state index contributed by atoms with van der Waals surface area (Å²) >= 11 is 0. The van der Waals surface area contributed by atoms with Gasteiger partial charge in [-0.25, -0.2) is 9.59 Å². The minimum atomic E-state index is -0.544. The Morgan fingerprint density at radius 2 is 1.78 bits per heavy atom. The molecule has 1 aromatic carbocycles. The molecule has 23 heavy (non-hydrogen) atoms. The lowest BCUT2D eigenvalue weighted by molar-refractivity contribution is 0.131. The molecule has 0 aliphatic rings. The molecule has 0 saturated carbocycles. The number of rotatable bonds is 8. The van der Waals surface area contributed by atoms with Crippen molar-refractivity contribution in [3.8, 4) is 5.75 Å². The van der Waals surface area contributed by atoms with Gasteiger partial charge in [0.2, 0.25) is 0 Å². The number of amides is 2. The van der Waals surface area contributed by atoms with Crippen LogP contribution in [0, 0.1) is 5.92 Å². The van der Waals surface area contributed by atoms with E-state index in [1.807, 2.05) is 13.8 Å². The molecule has 0 radical (unpaired) electrons. The molecule has 128 valence electrons. The summed E-state index contributed by atoms with van der Waals surface area (Å²) in [5.74, 6) is 1.00. The molecule has 1 aromatic rings. The fraction of sp³-hybridized carbons (Fsp3) is 0.500. The van der Waals surface area contributed by atoms with Crippen molar-refractivity contribution in [3.63, 3.8) is 0 Å². The zero-order valence-corrected chi connectivity index (χ0v) is 13.8. The average molecular weight is 324 g/mol. The second-order valence-electron chi connectivity index (χ2n) is 5.26. The first-order valence-electron chi connectivity index (χ1n) is 7.49. The molecule has 2 N–H and O–H groups in total. The Bertz CT molecular complexity index is 488. The molecule has 0 fully saturated rings. The molecule has 0 saturated heterocycles. The van der Waals surface area contributed by atoms with Crippen molar-refractivity contribution in [1.29, 1.82) is 0 Å². The van der Waals surface area contributed by atoms with Gasteiger partial charge in [0.15, 0.2) is 0 Å². The fourth-order valence-electron chi connectivity index (χ4n) is 1.55. The maximum atomic E-state index is 11.6. The van der Waals surface area contributed by atoms with Crippen LogP contribution in [0.15, 0.2) is 24.3 Å². The highest BCUT2D eigenvalue weighted by Gasteiger charge is 2.05. The van der Waals surface area contributed by atoms with Gasteiger partial charge in [0.1, 0.15) is 5.75 Å². The van der Waals surface area contributed by atoms with Gasteiger partial charge < -0.3 is 19.5 Å². The maximum Gasteiger partial charge on any atom is 0.411 e. The number of benzene rings is 1. The van der Waals surface area contributed by atoms with Gasteiger partial charge in [-0.05, 0) is 36.6 Å². The van der Waals surface area contributed by atoms with E-state index in [0.717, 1.165) is 0 Å². The zero-order chi connectivity index (χ0) is 17.1. The van der Waals surface area contributed by atoms with Crippen molar-refractivity contribution in [1.82, 2.24) is 5.32 Å². The Morgan fingerprint density at radius 3 is 2.39 bits per heavy atom. The van der Waals surface area contributed by atoms with Crippen LogP contribution < -0.4 is 15.4 Å². The third-order valence-corrected chi connectivity index (χ3v) is 2.71. The summed E-state index contributed by atoms with van der Waals surface area (Å²) in [6, 6.07) is 6.91. The quantitative estimate of drug-likeness (QED) is 0.718. The lowest BCUT2D eigenvalue weighted by Crippen LogP contribution is -2.27. The standard InChI is InChI=1S/C16H24N2O5/c1-12(2)11-23-15(19)17-9-4-10-22-16(20)18-13-5-7-14(21-3)8-6-13/h5-8,12H,4,9-11H2,1-3H3,(H,17,19)(H,18,20). The highest BCUT2D eigenvalue weighted by Crippen LogP contribution is 2.14. The third kappa shape index (κ3) is 8.55. The Kier molecular flexibility index (Phi) is 8.34. The lowest BCUT2D eigenvalue weighted by atomic mass is 10.2. The van der Waals surface area contributed by atoms with Crippen molar-refractivity contribution >= 4 is 17.9 Å². The van der Waals surface area contributed by atoms with Crippen LogP contribution in [0.25, 0.3) is 0 Å². The van der Waals surface area contributed by atoms with E-state index in [0.29, 0.717) is 36.9 Å². The number of hydrogen-bond donors (Lipinski definition) is 2. The lowest BCUT2D eigenvalue weighted by Gasteiger charge is -2.09. The zero-order valence-electron chi connectivity index (χ0n) is 13.8. The Labute approximate surface area is 136 Å². The van der Waals surface area contributed by atoms with Gasteiger partial charge in [0.25, 0.3) is 0 Å². The molecule has 7 nitrogen and oxygen atoms in total. The summed E-state index contributed by atoms with van der Waals surface area (Å²) in [7, 11) is 1.57. The summed E-state index contributed by atoms with van der Waals surface area (Å²) in [5, 5.41) is 5.18. The molecule has 7 heteroatoms. The number of carbonyl (C=O) groups excluding carboxylic acids is 2. The Hall–Kier alpha value is -2.44. The van der Waals surface area contributed by atoms with Gasteiger partial charge in [-0.15, -0.1) is 0 Å². The molecule has 0 unspecified atom stereocenters. The SMILES string of the molecule is COc1ccc(NC(=O)OCCCNC(=O)OCC(C)C)cc1. The molecule has 0 aliphatic carbocycles. The molecular formula is C16H24N2O5. The first-order valence-corrected chi connectivity index (χ1v) is 7.49. The number of ether oxygens (including phenoxy) is 3. The molecule has 0 bridgehead atoms. The minimum Gasteiger partial charge on any atom is -0.497 e. The highest BCUT2D eigenvalue weighted by atomic mass is 16.6. The molecule has 0 atom stereocenters. The van der Waals surface area contributed by atoms with Crippen LogP contribution in [0.1, 0.15) is 20.3 Å². The molecule has 0 heterocycles. The first-order chi connectivity index (χ1) is 11.0. The van der Waals surface area contributed by atoms with E-state index in [-0.39, 0.29) is 6.61 Å². The second-order valence-corrected chi connectivity index (χ2v) is 5.26. The molecule has 1 rings (SSSR count). The summed E-state index contributed by atoms with van der Waals surface area (Å²) in [5.41, 5.74) is 0.617. The number of methoxy groups -OCH3 is 1. The number of alkyl carbamates (subject to hydrolysis) is 1. The number of carbonyl (C=O) groups is 2. The van der Waals surface area contributed by atoms with Gasteiger partial charge in [-0.3, -0.25) is 5.32 Å². The van der Waals surface area contributed by atoms with Gasteiger partial charge >= 0.3 is 12.2 Å². The van der Waals surface area contributed by atoms with E-state index >= 15 is 0 Å². The Morgan fingerprint density at radius 1 is 1.09 bits per heavy atom. The predicted octanol–water partition coefficient (Wildman–Crippen LogP) is 3.02. The number of nitrogens with one attached hydrogen (secondary N) is 2. The smallest absolute Gasteiger partial charge is 0.411 e. The van der Waals surface area contributed by atoms with Crippen LogP contribution in [-0.4, -0.2) is 39.1 Å². The summed E-state index contributed by atoms with van der Waals surface area (Å²) in [6.45, 7) is 4.89. The van der Waals surface area contributed by atoms with Crippen molar-refractivity contribution < 1.29 is 23.8 Å². The Balaban J connectivity index is 2.10. The maximum absolute atomic E-state index is 11.6. The predicted molar refractivity (Wildman–Crippen MR) is 86.8 cm³/mol. The highest BCUT2D eigenvalue weighted by molar-refractivity contribution is 5.84. The van der Waals surface area contributed by atoms with E-state index in [1.165, 1.54) is 0 Å². The molecule has 0 spiro atoms. The van der Waals surface area contributed by atoms with Gasteiger partial charge in [0, 0.05) is 12.2 Å². The molecule has 0 aromatic heterocycles. The largest absolute Gasteiger partial charge is 0.497 e. The topological polar surface area (TPSA) is 85.9 Å². The van der Waals surface area contributed by atoms with Crippen molar-refractivity contribution in [2.24, 2.45) is 5.92 Å². The van der Waals surface area contributed by atoms with Gasteiger partial charge in [-0.1, -0.05) is 13.8 Å². The van der Waals surface area contributed by atoms with Gasteiger partial charge in [-0.2, -0.15) is 0 Å². The monoisotopic (exact) mass is 324 g/mol. The fourth-order valence-corrected chi connectivity index (χ4v) is 1.55. The van der Waals surface area contributed by atoms with Crippen LogP contribution in [-0.2, 0) is 9.47 Å². The van der Waals surface area contributed by atoms with Crippen LogP contribution in [0.3, 0.4) is 0 Å². The van der Waals surface area contributed by atoms with E-state index in [4.69, 9.17) is 14.2 Å². The number of hydrogen-bond acceptors (Lipinski definition) is 5. The van der Waals surface area contributed by atoms with Crippen LogP contribution in [0.4, 0.5) is 15.3 Å². The van der Waals surface area contributed by atoms with E-state index < -0.39 is 12.2 Å². The first kappa shape index (κ1) is 18.6. The average Bonchev–Trinajstić information content (AvgIpc) is 2.53. The summed E-state index contributed by atoms with van der Waals surface area (Å²) < 4.78 is 15.0. The summed E-state index contributed by atoms with van der Waals surface area (Å²) in [4.78, 5) is 22.8. The van der Waals surface area contributed by atoms with E-state index in [2.05, 4.69) is 10.6 Å². The van der Waals surface area contributed by atoms with Crippen molar-refractivity contribution in [2.75, 3.05) is 32.2 Å². The molecule has 0 aliphatic heterocycles. The molecule has 2 amide bonds. The second kappa shape index (κ2) is 10.3. The normalized spacial score (nSPS) is 10.1. The van der Waals surface area contributed by atoms with Crippen LogP contribution in [0.5, 0.6) is 5.75 Å². The van der Waals surface area contributed by atoms with Crippen molar-refractivity contribution in [3.05, 3.63) is 24.3 Å².